The fourth-order valence-corrected chi connectivity index (χ4v) is 1.43. The second kappa shape index (κ2) is 4.95. The molecule has 0 aliphatic carbocycles. The lowest BCUT2D eigenvalue weighted by Crippen LogP contribution is -2.50. The Morgan fingerprint density at radius 3 is 3.07 bits per heavy atom. The second-order valence-corrected chi connectivity index (χ2v) is 3.61. The van der Waals surface area contributed by atoms with Gasteiger partial charge in [0.1, 0.15) is 6.04 Å². The number of hydrogen-bond donors (Lipinski definition) is 3. The van der Waals surface area contributed by atoms with Gasteiger partial charge in [-0.15, -0.1) is 0 Å². The van der Waals surface area contributed by atoms with Crippen molar-refractivity contribution in [3.63, 3.8) is 0 Å². The van der Waals surface area contributed by atoms with Gasteiger partial charge in [0.2, 0.25) is 11.8 Å². The van der Waals surface area contributed by atoms with Crippen LogP contribution >= 0.6 is 0 Å². The molecule has 2 atom stereocenters. The topological polar surface area (TPSA) is 78.4 Å². The highest BCUT2D eigenvalue weighted by Gasteiger charge is 2.23. The Labute approximate surface area is 82.9 Å². The fourth-order valence-electron chi connectivity index (χ4n) is 1.43. The third-order valence-electron chi connectivity index (χ3n) is 2.10. The lowest BCUT2D eigenvalue weighted by molar-refractivity contribution is -0.130. The van der Waals surface area contributed by atoms with Gasteiger partial charge in [0.15, 0.2) is 0 Å². The molecule has 0 aromatic carbocycles. The van der Waals surface area contributed by atoms with Gasteiger partial charge in [-0.3, -0.25) is 9.59 Å². The van der Waals surface area contributed by atoms with Crippen LogP contribution in [0, 0.1) is 0 Å². The molecule has 1 unspecified atom stereocenters. The summed E-state index contributed by atoms with van der Waals surface area (Å²) in [5.74, 6) is -0.405. The van der Waals surface area contributed by atoms with Crippen molar-refractivity contribution < 1.29 is 14.7 Å². The summed E-state index contributed by atoms with van der Waals surface area (Å²) in [6, 6.07) is -0.421. The summed E-state index contributed by atoms with van der Waals surface area (Å²) >= 11 is 0. The zero-order valence-electron chi connectivity index (χ0n) is 8.25. The molecular weight excluding hydrogens is 184 g/mol. The van der Waals surface area contributed by atoms with Crippen molar-refractivity contribution in [3.8, 4) is 0 Å². The van der Waals surface area contributed by atoms with Crippen molar-refractivity contribution in [1.29, 1.82) is 0 Å². The van der Waals surface area contributed by atoms with Crippen LogP contribution in [-0.4, -0.2) is 35.6 Å². The molecule has 0 bridgehead atoms. The van der Waals surface area contributed by atoms with E-state index in [4.69, 9.17) is 5.11 Å². The predicted molar refractivity (Wildman–Crippen MR) is 50.5 cm³/mol. The number of nitrogens with one attached hydrogen (secondary N) is 2. The van der Waals surface area contributed by atoms with Gasteiger partial charge in [-0.25, -0.2) is 0 Å². The number of hydrogen-bond acceptors (Lipinski definition) is 3. The lowest BCUT2D eigenvalue weighted by Gasteiger charge is -2.22. The van der Waals surface area contributed by atoms with E-state index in [0.717, 1.165) is 6.42 Å². The van der Waals surface area contributed by atoms with Crippen molar-refractivity contribution in [2.24, 2.45) is 0 Å². The van der Waals surface area contributed by atoms with E-state index in [-0.39, 0.29) is 18.2 Å². The minimum Gasteiger partial charge on any atom is -0.393 e. The highest BCUT2D eigenvalue weighted by atomic mass is 16.3. The molecule has 14 heavy (non-hydrogen) atoms. The standard InChI is InChI=1S/C9H16N2O3/c1-6(12)5-8(13)11-7-3-2-4-10-9(7)14/h6-7,12H,2-5H2,1H3,(H,10,14)(H,11,13)/t6?,7-/m0/s1. The Bertz CT molecular complexity index is 228. The molecule has 3 N–H and O–H groups in total. The Morgan fingerprint density at radius 1 is 1.79 bits per heavy atom. The van der Waals surface area contributed by atoms with Gasteiger partial charge >= 0.3 is 0 Å². The first-order valence-electron chi connectivity index (χ1n) is 4.84. The van der Waals surface area contributed by atoms with Crippen molar-refractivity contribution in [1.82, 2.24) is 10.6 Å². The maximum atomic E-state index is 11.2. The van der Waals surface area contributed by atoms with E-state index in [1.807, 2.05) is 0 Å². The van der Waals surface area contributed by atoms with Crippen molar-refractivity contribution >= 4 is 11.8 Å². The number of aliphatic hydroxyl groups excluding tert-OH is 1. The summed E-state index contributed by atoms with van der Waals surface area (Å²) in [6.07, 6.45) is 0.939. The van der Waals surface area contributed by atoms with Crippen molar-refractivity contribution in [3.05, 3.63) is 0 Å². The Balaban J connectivity index is 2.34. The van der Waals surface area contributed by atoms with Crippen molar-refractivity contribution in [2.75, 3.05) is 6.54 Å². The van der Waals surface area contributed by atoms with Crippen LogP contribution in [0.1, 0.15) is 26.2 Å². The minimum absolute atomic E-state index is 0.0454. The summed E-state index contributed by atoms with van der Waals surface area (Å²) in [4.78, 5) is 22.4. The normalized spacial score (nSPS) is 23.9. The third kappa shape index (κ3) is 3.33. The molecule has 0 saturated carbocycles. The fraction of sp³-hybridized carbons (Fsp3) is 0.778. The molecule has 5 nitrogen and oxygen atoms in total. The van der Waals surface area contributed by atoms with E-state index in [0.29, 0.717) is 13.0 Å². The first-order chi connectivity index (χ1) is 6.59. The highest BCUT2D eigenvalue weighted by Crippen LogP contribution is 2.03. The average molecular weight is 200 g/mol. The summed E-state index contributed by atoms with van der Waals surface area (Å²) in [5.41, 5.74) is 0. The Hall–Kier alpha value is -1.10. The van der Waals surface area contributed by atoms with Gasteiger partial charge < -0.3 is 15.7 Å². The quantitative estimate of drug-likeness (QED) is 0.555. The predicted octanol–water partition coefficient (Wildman–Crippen LogP) is -0.848. The summed E-state index contributed by atoms with van der Waals surface area (Å²) in [5, 5.41) is 14.2. The number of carbonyl (C=O) groups is 2. The number of piperidine rings is 1. The number of aliphatic hydroxyl groups is 1. The Morgan fingerprint density at radius 2 is 2.50 bits per heavy atom. The molecule has 0 aromatic rings. The van der Waals surface area contributed by atoms with Crippen LogP contribution in [0.3, 0.4) is 0 Å². The Kier molecular flexibility index (Phi) is 3.88. The molecule has 2 amide bonds. The summed E-state index contributed by atoms with van der Waals surface area (Å²) in [6.45, 7) is 2.22. The maximum Gasteiger partial charge on any atom is 0.242 e. The van der Waals surface area contributed by atoms with E-state index in [1.54, 1.807) is 6.92 Å². The van der Waals surface area contributed by atoms with E-state index < -0.39 is 12.1 Å². The first-order valence-corrected chi connectivity index (χ1v) is 4.84. The second-order valence-electron chi connectivity index (χ2n) is 3.61. The van der Waals surface area contributed by atoms with Crippen LogP contribution in [0.25, 0.3) is 0 Å². The molecule has 1 heterocycles. The number of amides is 2. The summed E-state index contributed by atoms with van der Waals surface area (Å²) < 4.78 is 0. The van der Waals surface area contributed by atoms with Gasteiger partial charge in [0.25, 0.3) is 0 Å². The van der Waals surface area contributed by atoms with Crippen LogP contribution in [0.5, 0.6) is 0 Å². The molecule has 0 radical (unpaired) electrons. The largest absolute Gasteiger partial charge is 0.393 e. The third-order valence-corrected chi connectivity index (χ3v) is 2.10. The SMILES string of the molecule is CC(O)CC(=O)N[C@H]1CCCNC1=O. The monoisotopic (exact) mass is 200 g/mol. The van der Waals surface area contributed by atoms with Crippen LogP contribution in [0.2, 0.25) is 0 Å². The van der Waals surface area contributed by atoms with Gasteiger partial charge in [-0.05, 0) is 19.8 Å². The lowest BCUT2D eigenvalue weighted by atomic mass is 10.1. The van der Waals surface area contributed by atoms with Crippen LogP contribution in [0.15, 0.2) is 0 Å². The highest BCUT2D eigenvalue weighted by molar-refractivity contribution is 5.88. The van der Waals surface area contributed by atoms with Gasteiger partial charge in [-0.2, -0.15) is 0 Å². The van der Waals surface area contributed by atoms with Crippen LogP contribution in [0.4, 0.5) is 0 Å². The number of carbonyl (C=O) groups excluding carboxylic acids is 2. The van der Waals surface area contributed by atoms with E-state index in [2.05, 4.69) is 10.6 Å². The van der Waals surface area contributed by atoms with Crippen LogP contribution < -0.4 is 10.6 Å². The first kappa shape index (κ1) is 11.0. The molecule has 0 spiro atoms. The smallest absolute Gasteiger partial charge is 0.242 e. The van der Waals surface area contributed by atoms with Gasteiger partial charge in [0.05, 0.1) is 12.5 Å². The zero-order valence-corrected chi connectivity index (χ0v) is 8.25. The van der Waals surface area contributed by atoms with E-state index in [9.17, 15) is 9.59 Å². The maximum absolute atomic E-state index is 11.2. The molecule has 1 fully saturated rings. The molecule has 1 saturated heterocycles. The van der Waals surface area contributed by atoms with E-state index >= 15 is 0 Å². The zero-order chi connectivity index (χ0) is 10.6. The van der Waals surface area contributed by atoms with Crippen LogP contribution in [-0.2, 0) is 9.59 Å². The molecule has 5 heteroatoms. The van der Waals surface area contributed by atoms with Gasteiger partial charge in [-0.1, -0.05) is 0 Å². The molecule has 0 aromatic heterocycles. The minimum atomic E-state index is -0.665. The average Bonchev–Trinajstić information content (AvgIpc) is 2.07. The summed E-state index contributed by atoms with van der Waals surface area (Å²) in [7, 11) is 0. The molecule has 1 rings (SSSR count). The molecular formula is C9H16N2O3. The number of rotatable bonds is 3. The van der Waals surface area contributed by atoms with Crippen molar-refractivity contribution in [2.45, 2.75) is 38.3 Å². The molecule has 1 aliphatic rings. The van der Waals surface area contributed by atoms with Gasteiger partial charge in [0, 0.05) is 6.54 Å². The molecule has 80 valence electrons. The van der Waals surface area contributed by atoms with E-state index in [1.165, 1.54) is 0 Å². The molecule has 1 aliphatic heterocycles.